The van der Waals surface area contributed by atoms with Crippen molar-refractivity contribution in [2.75, 3.05) is 26.2 Å². The quantitative estimate of drug-likeness (QED) is 0.789. The van der Waals surface area contributed by atoms with Crippen LogP contribution in [0.4, 0.5) is 0 Å². The molecule has 15 heavy (non-hydrogen) atoms. The standard InChI is InChI=1S/C12H18N2O/c1-9-2-3-12(15-9)8-14-6-10-4-13-5-11(10)7-14/h2-3,10-11,13H,4-8H2,1H3/t10-,11+. The van der Waals surface area contributed by atoms with Crippen LogP contribution in [0.25, 0.3) is 0 Å². The number of likely N-dealkylation sites (tertiary alicyclic amines) is 1. The Kier molecular flexibility index (Phi) is 2.29. The summed E-state index contributed by atoms with van der Waals surface area (Å²) < 4.78 is 5.61. The van der Waals surface area contributed by atoms with Gasteiger partial charge in [0.1, 0.15) is 11.5 Å². The summed E-state index contributed by atoms with van der Waals surface area (Å²) in [4.78, 5) is 2.52. The zero-order valence-corrected chi connectivity index (χ0v) is 9.20. The van der Waals surface area contributed by atoms with E-state index in [1.54, 1.807) is 0 Å². The van der Waals surface area contributed by atoms with E-state index in [0.29, 0.717) is 0 Å². The third-order valence-corrected chi connectivity index (χ3v) is 3.64. The van der Waals surface area contributed by atoms with E-state index in [2.05, 4.69) is 16.3 Å². The molecule has 0 bridgehead atoms. The molecule has 1 N–H and O–H groups in total. The summed E-state index contributed by atoms with van der Waals surface area (Å²) in [6, 6.07) is 4.15. The van der Waals surface area contributed by atoms with Crippen molar-refractivity contribution < 1.29 is 4.42 Å². The zero-order chi connectivity index (χ0) is 10.3. The number of fused-ring (bicyclic) bond motifs is 1. The van der Waals surface area contributed by atoms with Crippen LogP contribution in [0.1, 0.15) is 11.5 Å². The lowest BCUT2D eigenvalue weighted by Crippen LogP contribution is -2.25. The highest BCUT2D eigenvalue weighted by molar-refractivity contribution is 5.06. The van der Waals surface area contributed by atoms with E-state index >= 15 is 0 Å². The summed E-state index contributed by atoms with van der Waals surface area (Å²) in [5, 5.41) is 3.46. The second-order valence-electron chi connectivity index (χ2n) is 4.88. The maximum atomic E-state index is 5.61. The number of nitrogens with zero attached hydrogens (tertiary/aromatic N) is 1. The molecule has 0 aromatic carbocycles. The fourth-order valence-corrected chi connectivity index (χ4v) is 2.87. The molecule has 2 aliphatic rings. The first kappa shape index (κ1) is 9.43. The summed E-state index contributed by atoms with van der Waals surface area (Å²) >= 11 is 0. The predicted molar refractivity (Wildman–Crippen MR) is 58.6 cm³/mol. The van der Waals surface area contributed by atoms with Crippen molar-refractivity contribution in [3.8, 4) is 0 Å². The van der Waals surface area contributed by atoms with Gasteiger partial charge in [-0.05, 0) is 44.0 Å². The zero-order valence-electron chi connectivity index (χ0n) is 9.20. The predicted octanol–water partition coefficient (Wildman–Crippen LogP) is 1.24. The molecule has 3 heteroatoms. The van der Waals surface area contributed by atoms with Gasteiger partial charge in [-0.3, -0.25) is 4.90 Å². The van der Waals surface area contributed by atoms with Crippen LogP contribution in [0.15, 0.2) is 16.5 Å². The van der Waals surface area contributed by atoms with Gasteiger partial charge in [0.25, 0.3) is 0 Å². The van der Waals surface area contributed by atoms with Gasteiger partial charge < -0.3 is 9.73 Å². The van der Waals surface area contributed by atoms with Crippen LogP contribution in [0.2, 0.25) is 0 Å². The largest absolute Gasteiger partial charge is 0.465 e. The van der Waals surface area contributed by atoms with Crippen molar-refractivity contribution in [2.24, 2.45) is 11.8 Å². The number of rotatable bonds is 2. The average Bonchev–Trinajstić information content (AvgIpc) is 2.81. The average molecular weight is 206 g/mol. The molecule has 2 atom stereocenters. The van der Waals surface area contributed by atoms with Crippen LogP contribution in [0.3, 0.4) is 0 Å². The van der Waals surface area contributed by atoms with Gasteiger partial charge in [0.05, 0.1) is 6.54 Å². The topological polar surface area (TPSA) is 28.4 Å². The second-order valence-corrected chi connectivity index (χ2v) is 4.88. The van der Waals surface area contributed by atoms with E-state index < -0.39 is 0 Å². The Morgan fingerprint density at radius 2 is 2.07 bits per heavy atom. The van der Waals surface area contributed by atoms with Crippen LogP contribution in [0, 0.1) is 18.8 Å². The molecule has 2 saturated heterocycles. The molecule has 0 unspecified atom stereocenters. The summed E-state index contributed by atoms with van der Waals surface area (Å²) in [6.45, 7) is 7.87. The van der Waals surface area contributed by atoms with E-state index in [-0.39, 0.29) is 0 Å². The molecule has 2 aliphatic heterocycles. The minimum absolute atomic E-state index is 0.876. The maximum Gasteiger partial charge on any atom is 0.118 e. The molecule has 0 aliphatic carbocycles. The molecule has 3 rings (SSSR count). The highest BCUT2D eigenvalue weighted by atomic mass is 16.3. The van der Waals surface area contributed by atoms with E-state index in [9.17, 15) is 0 Å². The summed E-state index contributed by atoms with van der Waals surface area (Å²) in [5.41, 5.74) is 0. The normalized spacial score (nSPS) is 31.0. The van der Waals surface area contributed by atoms with Crippen molar-refractivity contribution in [1.29, 1.82) is 0 Å². The first-order chi connectivity index (χ1) is 7.31. The lowest BCUT2D eigenvalue weighted by atomic mass is 10.0. The van der Waals surface area contributed by atoms with Crippen molar-refractivity contribution >= 4 is 0 Å². The fraction of sp³-hybridized carbons (Fsp3) is 0.667. The molecule has 1 aromatic rings. The van der Waals surface area contributed by atoms with Crippen LogP contribution >= 0.6 is 0 Å². The first-order valence-electron chi connectivity index (χ1n) is 5.79. The number of aryl methyl sites for hydroxylation is 1. The molecule has 0 amide bonds. The van der Waals surface area contributed by atoms with E-state index in [1.807, 2.05) is 13.0 Å². The van der Waals surface area contributed by atoms with Gasteiger partial charge in [-0.25, -0.2) is 0 Å². The van der Waals surface area contributed by atoms with Crippen LogP contribution < -0.4 is 5.32 Å². The van der Waals surface area contributed by atoms with Gasteiger partial charge in [-0.1, -0.05) is 0 Å². The highest BCUT2D eigenvalue weighted by Gasteiger charge is 2.35. The van der Waals surface area contributed by atoms with Gasteiger partial charge >= 0.3 is 0 Å². The molecule has 3 heterocycles. The van der Waals surface area contributed by atoms with E-state index in [1.165, 1.54) is 26.2 Å². The number of nitrogens with one attached hydrogen (secondary N) is 1. The lowest BCUT2D eigenvalue weighted by Gasteiger charge is -2.14. The fourth-order valence-electron chi connectivity index (χ4n) is 2.87. The van der Waals surface area contributed by atoms with Crippen molar-refractivity contribution in [3.05, 3.63) is 23.7 Å². The Morgan fingerprint density at radius 1 is 1.33 bits per heavy atom. The van der Waals surface area contributed by atoms with Gasteiger partial charge in [-0.15, -0.1) is 0 Å². The van der Waals surface area contributed by atoms with E-state index in [0.717, 1.165) is 29.9 Å². The van der Waals surface area contributed by atoms with Crippen molar-refractivity contribution in [1.82, 2.24) is 10.2 Å². The minimum Gasteiger partial charge on any atom is -0.465 e. The van der Waals surface area contributed by atoms with Gasteiger partial charge in [0, 0.05) is 13.1 Å². The molecule has 0 saturated carbocycles. The van der Waals surface area contributed by atoms with Crippen LogP contribution in [-0.4, -0.2) is 31.1 Å². The molecule has 0 radical (unpaired) electrons. The Labute approximate surface area is 90.4 Å². The van der Waals surface area contributed by atoms with E-state index in [4.69, 9.17) is 4.42 Å². The summed E-state index contributed by atoms with van der Waals surface area (Å²) in [6.07, 6.45) is 0. The van der Waals surface area contributed by atoms with Crippen molar-refractivity contribution in [2.45, 2.75) is 13.5 Å². The van der Waals surface area contributed by atoms with Crippen LogP contribution in [-0.2, 0) is 6.54 Å². The maximum absolute atomic E-state index is 5.61. The lowest BCUT2D eigenvalue weighted by molar-refractivity contribution is 0.275. The molecule has 82 valence electrons. The molecule has 2 fully saturated rings. The van der Waals surface area contributed by atoms with Crippen LogP contribution in [0.5, 0.6) is 0 Å². The Balaban J connectivity index is 1.61. The van der Waals surface area contributed by atoms with Crippen molar-refractivity contribution in [3.63, 3.8) is 0 Å². The smallest absolute Gasteiger partial charge is 0.118 e. The number of hydrogen-bond donors (Lipinski definition) is 1. The third-order valence-electron chi connectivity index (χ3n) is 3.64. The Hall–Kier alpha value is -0.800. The molecular formula is C12H18N2O. The molecule has 0 spiro atoms. The number of hydrogen-bond acceptors (Lipinski definition) is 3. The number of furan rings is 1. The Morgan fingerprint density at radius 3 is 2.67 bits per heavy atom. The molecule has 3 nitrogen and oxygen atoms in total. The van der Waals surface area contributed by atoms with Gasteiger partial charge in [-0.2, -0.15) is 0 Å². The minimum atomic E-state index is 0.876. The Bertz CT molecular complexity index is 335. The summed E-state index contributed by atoms with van der Waals surface area (Å²) in [7, 11) is 0. The second kappa shape index (κ2) is 3.65. The first-order valence-corrected chi connectivity index (χ1v) is 5.79. The molecular weight excluding hydrogens is 188 g/mol. The monoisotopic (exact) mass is 206 g/mol. The van der Waals surface area contributed by atoms with Gasteiger partial charge in [0.2, 0.25) is 0 Å². The van der Waals surface area contributed by atoms with Gasteiger partial charge in [0.15, 0.2) is 0 Å². The molecule has 1 aromatic heterocycles. The third kappa shape index (κ3) is 1.82. The SMILES string of the molecule is Cc1ccc(CN2C[C@H]3CNC[C@H]3C2)o1. The highest BCUT2D eigenvalue weighted by Crippen LogP contribution is 2.27. The summed E-state index contributed by atoms with van der Waals surface area (Å²) in [5.74, 6) is 3.88.